The Hall–Kier alpha value is -5.49. The monoisotopic (exact) mass is 875 g/mol. The van der Waals surface area contributed by atoms with Crippen molar-refractivity contribution in [2.24, 2.45) is 0 Å². The number of fused-ring (bicyclic) bond motifs is 2. The second-order valence-corrected chi connectivity index (χ2v) is 17.3. The van der Waals surface area contributed by atoms with Crippen molar-refractivity contribution in [1.29, 1.82) is 5.26 Å². The van der Waals surface area contributed by atoms with Crippen molar-refractivity contribution in [3.05, 3.63) is 154 Å². The van der Waals surface area contributed by atoms with Crippen molar-refractivity contribution in [1.82, 2.24) is 14.2 Å². The van der Waals surface area contributed by atoms with E-state index in [1.54, 1.807) is 50.7 Å². The van der Waals surface area contributed by atoms with Crippen LogP contribution >= 0.6 is 8.53 Å². The molecule has 63 heavy (non-hydrogen) atoms. The van der Waals surface area contributed by atoms with Crippen molar-refractivity contribution in [2.75, 3.05) is 39.4 Å². The maximum Gasteiger partial charge on any atom is 0.349 e. The number of methoxy groups -OCH3 is 2. The predicted octanol–water partition coefficient (Wildman–Crippen LogP) is 8.04. The zero-order chi connectivity index (χ0) is 44.6. The summed E-state index contributed by atoms with van der Waals surface area (Å²) in [5, 5.41) is 12.3. The van der Waals surface area contributed by atoms with Crippen LogP contribution in [0.1, 0.15) is 67.2 Å². The van der Waals surface area contributed by atoms with Crippen LogP contribution < -0.4 is 20.5 Å². The van der Waals surface area contributed by atoms with E-state index in [1.165, 1.54) is 4.57 Å². The number of ether oxygens (including phenoxy) is 5. The summed E-state index contributed by atoms with van der Waals surface area (Å²) in [6.07, 6.45) is -0.0431. The van der Waals surface area contributed by atoms with Gasteiger partial charge in [0.2, 0.25) is 0 Å². The minimum absolute atomic E-state index is 0.00409. The van der Waals surface area contributed by atoms with Crippen molar-refractivity contribution >= 4 is 20.3 Å². The molecule has 0 radical (unpaired) electrons. The van der Waals surface area contributed by atoms with Crippen molar-refractivity contribution in [3.63, 3.8) is 0 Å². The molecule has 4 aromatic carbocycles. The van der Waals surface area contributed by atoms with Crippen LogP contribution in [0.15, 0.2) is 126 Å². The van der Waals surface area contributed by atoms with E-state index in [0.717, 1.165) is 16.7 Å². The van der Waals surface area contributed by atoms with Gasteiger partial charge in [0.25, 0.3) is 14.4 Å². The first kappa shape index (κ1) is 45.5. The minimum atomic E-state index is -1.89. The normalized spacial score (nSPS) is 20.1. The first-order chi connectivity index (χ1) is 30.5. The molecule has 2 saturated heterocycles. The van der Waals surface area contributed by atoms with E-state index in [2.05, 4.69) is 48.7 Å². The lowest BCUT2D eigenvalue weighted by Crippen LogP contribution is -2.67. The van der Waals surface area contributed by atoms with Gasteiger partial charge in [0, 0.05) is 23.8 Å². The fourth-order valence-electron chi connectivity index (χ4n) is 8.47. The smallest absolute Gasteiger partial charge is 0.349 e. The largest absolute Gasteiger partial charge is 0.497 e. The molecule has 1 amide bonds. The molecule has 1 N–H and O–H groups in total. The molecule has 2 bridgehead atoms. The van der Waals surface area contributed by atoms with Crippen LogP contribution in [0.25, 0.3) is 0 Å². The average molecular weight is 876 g/mol. The predicted molar refractivity (Wildman–Crippen MR) is 238 cm³/mol. The average Bonchev–Trinajstić information content (AvgIpc) is 3.53. The number of carbonyl (C=O) groups excluding carboxylic acids is 1. The van der Waals surface area contributed by atoms with E-state index in [4.69, 9.17) is 32.7 Å². The highest BCUT2D eigenvalue weighted by Gasteiger charge is 2.71. The molecule has 1 aromatic heterocycles. The molecule has 0 aliphatic carbocycles. The molecule has 2 aliphatic heterocycles. The zero-order valence-electron chi connectivity index (χ0n) is 36.4. The Morgan fingerprint density at radius 1 is 0.921 bits per heavy atom. The summed E-state index contributed by atoms with van der Waals surface area (Å²) < 4.78 is 50.5. The molecule has 15 heteroatoms. The molecule has 1 unspecified atom stereocenters. The summed E-state index contributed by atoms with van der Waals surface area (Å²) in [5.74, 6) is 1.000. The lowest BCUT2D eigenvalue weighted by molar-refractivity contribution is -0.242. The molecule has 5 atom stereocenters. The molecule has 5 aromatic rings. The van der Waals surface area contributed by atoms with Gasteiger partial charge < -0.3 is 38.0 Å². The van der Waals surface area contributed by atoms with Crippen LogP contribution in [0.5, 0.6) is 11.5 Å². The Morgan fingerprint density at radius 3 is 2.08 bits per heavy atom. The summed E-state index contributed by atoms with van der Waals surface area (Å²) in [6.45, 7) is 8.54. The van der Waals surface area contributed by atoms with E-state index in [9.17, 15) is 14.9 Å². The van der Waals surface area contributed by atoms with Gasteiger partial charge in [-0.15, -0.1) is 0 Å². The number of nitriles is 1. The van der Waals surface area contributed by atoms with Crippen LogP contribution in [0, 0.1) is 11.3 Å². The van der Waals surface area contributed by atoms with Crippen LogP contribution in [0.4, 0.5) is 5.82 Å². The third-order valence-electron chi connectivity index (χ3n) is 11.4. The molecule has 14 nitrogen and oxygen atoms in total. The fraction of sp³-hybridized carbons (Fsp3) is 0.375. The van der Waals surface area contributed by atoms with Crippen molar-refractivity contribution < 1.29 is 37.5 Å². The second kappa shape index (κ2) is 20.3. The van der Waals surface area contributed by atoms with E-state index in [-0.39, 0.29) is 50.7 Å². The number of nitrogens with one attached hydrogen (secondary N) is 1. The number of hydrogen-bond acceptors (Lipinski definition) is 12. The Bertz CT molecular complexity index is 2320. The molecule has 2 fully saturated rings. The topological polar surface area (TPSA) is 156 Å². The van der Waals surface area contributed by atoms with Gasteiger partial charge in [0.1, 0.15) is 29.5 Å². The van der Waals surface area contributed by atoms with Crippen LogP contribution in [0.2, 0.25) is 0 Å². The summed E-state index contributed by atoms with van der Waals surface area (Å²) in [7, 11) is 1.34. The summed E-state index contributed by atoms with van der Waals surface area (Å²) in [6, 6.07) is 36.9. The molecular formula is C48H54N5O9P. The summed E-state index contributed by atoms with van der Waals surface area (Å²) in [5.41, 5.74) is -0.690. The minimum Gasteiger partial charge on any atom is -0.497 e. The van der Waals surface area contributed by atoms with E-state index >= 15 is 0 Å². The van der Waals surface area contributed by atoms with Gasteiger partial charge in [-0.3, -0.25) is 9.36 Å². The summed E-state index contributed by atoms with van der Waals surface area (Å²) >= 11 is 0. The third kappa shape index (κ3) is 9.42. The SMILES string of the molecule is COc1ccc(C(OCc2ccccc2)(c2ccc(OC)cc2)[C@]23CO[C@@H]([C@H](n4ccc(NC(=O)c5ccccc5)nc4=O)CO2)[C@@H]3OP(OCCC#N)N(C(C)C)C(C)C)cc1. The number of anilines is 1. The number of amides is 1. The molecule has 7 rings (SSSR count). The van der Waals surface area contributed by atoms with Crippen molar-refractivity contribution in [3.8, 4) is 17.6 Å². The van der Waals surface area contributed by atoms with Gasteiger partial charge in [-0.05, 0) is 86.8 Å². The van der Waals surface area contributed by atoms with E-state index in [0.29, 0.717) is 17.1 Å². The van der Waals surface area contributed by atoms with Crippen LogP contribution in [-0.2, 0) is 35.5 Å². The first-order valence-corrected chi connectivity index (χ1v) is 22.1. The summed E-state index contributed by atoms with van der Waals surface area (Å²) in [4.78, 5) is 31.4. The number of aromatic nitrogens is 2. The van der Waals surface area contributed by atoms with Gasteiger partial charge in [-0.2, -0.15) is 10.2 Å². The van der Waals surface area contributed by atoms with E-state index < -0.39 is 49.6 Å². The number of benzene rings is 4. The Morgan fingerprint density at radius 2 is 1.52 bits per heavy atom. The molecule has 0 saturated carbocycles. The highest BCUT2D eigenvalue weighted by molar-refractivity contribution is 7.44. The second-order valence-electron chi connectivity index (χ2n) is 15.9. The van der Waals surface area contributed by atoms with Gasteiger partial charge in [-0.25, -0.2) is 9.46 Å². The van der Waals surface area contributed by atoms with Gasteiger partial charge >= 0.3 is 5.69 Å². The number of carbonyl (C=O) groups is 1. The Labute approximate surface area is 369 Å². The van der Waals surface area contributed by atoms with Gasteiger partial charge in [0.15, 0.2) is 11.2 Å². The number of nitrogens with zero attached hydrogens (tertiary/aromatic N) is 4. The lowest BCUT2D eigenvalue weighted by atomic mass is 9.68. The molecule has 0 spiro atoms. The Balaban J connectivity index is 1.40. The van der Waals surface area contributed by atoms with Crippen molar-refractivity contribution in [2.45, 2.75) is 82.3 Å². The maximum absolute atomic E-state index is 14.1. The molecule has 330 valence electrons. The van der Waals surface area contributed by atoms with Crippen LogP contribution in [-0.4, -0.2) is 84.1 Å². The van der Waals surface area contributed by atoms with Crippen LogP contribution in [0.3, 0.4) is 0 Å². The van der Waals surface area contributed by atoms with Gasteiger partial charge in [0.05, 0.1) is 59.2 Å². The first-order valence-electron chi connectivity index (χ1n) is 21.0. The molecule has 3 heterocycles. The third-order valence-corrected chi connectivity index (χ3v) is 13.5. The molecule has 2 aliphatic rings. The highest BCUT2D eigenvalue weighted by atomic mass is 31.2. The van der Waals surface area contributed by atoms with Gasteiger partial charge in [-0.1, -0.05) is 72.8 Å². The lowest BCUT2D eigenvalue weighted by Gasteiger charge is -2.54. The Kier molecular flexibility index (Phi) is 14.7. The number of hydrogen-bond donors (Lipinski definition) is 1. The van der Waals surface area contributed by atoms with E-state index in [1.807, 2.05) is 84.9 Å². The quantitative estimate of drug-likeness (QED) is 0.0631. The molecular weight excluding hydrogens is 822 g/mol. The number of rotatable bonds is 19. The maximum atomic E-state index is 14.1. The standard InChI is InChI=1S/C48H54N5O9P/c1-33(2)53(34(3)4)63(61-29-13-27-49)62-44-43-41(52-28-26-42(51-46(52)55)50-45(54)36-16-11-8-12-17-36)31-59-47(44,32-58-43)48(37-18-22-39(56-5)23-19-37,38-20-24-40(57-6)25-21-38)60-30-35-14-9-7-10-15-35/h7-12,14-26,28,33-34,41,43-44H,13,29-32H2,1-6H3,(H,50,51,54,55)/t41-,43+,44+,47-,63?/m1/s1. The zero-order valence-corrected chi connectivity index (χ0v) is 37.3. The highest BCUT2D eigenvalue weighted by Crippen LogP contribution is 2.60. The fourth-order valence-corrected chi connectivity index (χ4v) is 10.3.